The minimum absolute atomic E-state index is 0.105. The first kappa shape index (κ1) is 15.7. The first-order valence-corrected chi connectivity index (χ1v) is 8.42. The molecule has 0 aliphatic carbocycles. The Balaban J connectivity index is 1.51. The van der Waals surface area contributed by atoms with Crippen molar-refractivity contribution in [2.45, 2.75) is 26.3 Å². The predicted molar refractivity (Wildman–Crippen MR) is 93.5 cm³/mol. The summed E-state index contributed by atoms with van der Waals surface area (Å²) in [6.07, 6.45) is 1.01. The molecule has 0 spiro atoms. The summed E-state index contributed by atoms with van der Waals surface area (Å²) in [6.45, 7) is 5.22. The van der Waals surface area contributed by atoms with Crippen molar-refractivity contribution in [3.8, 4) is 0 Å². The third kappa shape index (κ3) is 2.98. The molecule has 1 atom stereocenters. The molecular weight excluding hydrogens is 316 g/mol. The summed E-state index contributed by atoms with van der Waals surface area (Å²) in [5.41, 5.74) is 4.33. The number of fused-ring (bicyclic) bond motifs is 2. The monoisotopic (exact) mass is 336 g/mol. The van der Waals surface area contributed by atoms with Crippen molar-refractivity contribution in [3.05, 3.63) is 58.7 Å². The van der Waals surface area contributed by atoms with Gasteiger partial charge < -0.3 is 10.6 Å². The molecule has 4 rings (SSSR count). The zero-order valence-electron chi connectivity index (χ0n) is 14.3. The Morgan fingerprint density at radius 1 is 1.32 bits per heavy atom. The van der Waals surface area contributed by atoms with Crippen LogP contribution in [0, 0.1) is 13.8 Å². The van der Waals surface area contributed by atoms with Crippen molar-refractivity contribution in [1.29, 1.82) is 0 Å². The van der Waals surface area contributed by atoms with Crippen molar-refractivity contribution in [2.24, 2.45) is 0 Å². The van der Waals surface area contributed by atoms with Crippen LogP contribution in [-0.2, 0) is 6.42 Å². The highest BCUT2D eigenvalue weighted by atomic mass is 16.2. The second kappa shape index (κ2) is 6.25. The minimum atomic E-state index is -0.285. The molecule has 2 N–H and O–H groups in total. The summed E-state index contributed by atoms with van der Waals surface area (Å²) in [5, 5.41) is 10.7. The molecule has 7 heteroatoms. The van der Waals surface area contributed by atoms with Gasteiger partial charge in [0.25, 0.3) is 11.7 Å². The summed E-state index contributed by atoms with van der Waals surface area (Å²) in [4.78, 5) is 21.0. The number of carbonyl (C=O) groups excluding carboxylic acids is 1. The maximum absolute atomic E-state index is 12.5. The van der Waals surface area contributed by atoms with E-state index in [1.54, 1.807) is 4.52 Å². The van der Waals surface area contributed by atoms with E-state index in [1.807, 2.05) is 26.0 Å². The van der Waals surface area contributed by atoms with Gasteiger partial charge in [0, 0.05) is 24.0 Å². The highest BCUT2D eigenvalue weighted by molar-refractivity contribution is 5.90. The standard InChI is InChI=1S/C18H20N6O/c1-11-9-12(2)24-18(21-11)22-16(23-24)17(25)20-10-15-14-6-4-3-5-13(14)7-8-19-15/h3-6,9,15,19H,7-8,10H2,1-2H3,(H,20,25). The van der Waals surface area contributed by atoms with Crippen LogP contribution in [0.1, 0.15) is 39.2 Å². The lowest BCUT2D eigenvalue weighted by Gasteiger charge is -2.26. The first-order valence-electron chi connectivity index (χ1n) is 8.42. The van der Waals surface area contributed by atoms with Gasteiger partial charge in [-0.1, -0.05) is 24.3 Å². The van der Waals surface area contributed by atoms with E-state index < -0.39 is 0 Å². The molecular formula is C18H20N6O. The summed E-state index contributed by atoms with van der Waals surface area (Å²) >= 11 is 0. The number of carbonyl (C=O) groups is 1. The van der Waals surface area contributed by atoms with E-state index in [9.17, 15) is 4.79 Å². The Bertz CT molecular complexity index is 948. The second-order valence-corrected chi connectivity index (χ2v) is 6.35. The Morgan fingerprint density at radius 2 is 2.16 bits per heavy atom. The zero-order chi connectivity index (χ0) is 17.4. The third-order valence-electron chi connectivity index (χ3n) is 4.50. The Morgan fingerprint density at radius 3 is 3.04 bits per heavy atom. The van der Waals surface area contributed by atoms with Crippen molar-refractivity contribution in [3.63, 3.8) is 0 Å². The largest absolute Gasteiger partial charge is 0.347 e. The highest BCUT2D eigenvalue weighted by Gasteiger charge is 2.21. The van der Waals surface area contributed by atoms with Crippen LogP contribution in [0.4, 0.5) is 0 Å². The molecule has 25 heavy (non-hydrogen) atoms. The van der Waals surface area contributed by atoms with Crippen LogP contribution in [-0.4, -0.2) is 38.6 Å². The van der Waals surface area contributed by atoms with Gasteiger partial charge in [0.2, 0.25) is 5.82 Å². The molecule has 1 aliphatic rings. The van der Waals surface area contributed by atoms with E-state index in [4.69, 9.17) is 0 Å². The molecule has 1 amide bonds. The number of rotatable bonds is 3. The second-order valence-electron chi connectivity index (χ2n) is 6.35. The van der Waals surface area contributed by atoms with E-state index >= 15 is 0 Å². The van der Waals surface area contributed by atoms with Gasteiger partial charge in [-0.25, -0.2) is 9.50 Å². The van der Waals surface area contributed by atoms with Gasteiger partial charge in [-0.05, 0) is 44.0 Å². The lowest BCUT2D eigenvalue weighted by atomic mass is 9.94. The molecule has 1 unspecified atom stereocenters. The van der Waals surface area contributed by atoms with Crippen LogP contribution in [0.25, 0.3) is 5.78 Å². The van der Waals surface area contributed by atoms with Gasteiger partial charge in [0.1, 0.15) is 0 Å². The normalized spacial score (nSPS) is 16.6. The van der Waals surface area contributed by atoms with Gasteiger partial charge in [-0.2, -0.15) is 4.98 Å². The van der Waals surface area contributed by atoms with Gasteiger partial charge in [-0.3, -0.25) is 4.79 Å². The van der Waals surface area contributed by atoms with E-state index in [1.165, 1.54) is 11.1 Å². The van der Waals surface area contributed by atoms with Gasteiger partial charge in [-0.15, -0.1) is 5.10 Å². The number of hydrogen-bond acceptors (Lipinski definition) is 5. The molecule has 0 bridgehead atoms. The van der Waals surface area contributed by atoms with Gasteiger partial charge in [0.05, 0.1) is 0 Å². The molecule has 0 saturated heterocycles. The molecule has 2 aromatic heterocycles. The first-order chi connectivity index (χ1) is 12.1. The number of aryl methyl sites for hydroxylation is 2. The topological polar surface area (TPSA) is 84.2 Å². The van der Waals surface area contributed by atoms with Crippen LogP contribution in [0.2, 0.25) is 0 Å². The number of aromatic nitrogens is 4. The molecule has 7 nitrogen and oxygen atoms in total. The summed E-state index contributed by atoms with van der Waals surface area (Å²) < 4.78 is 1.59. The highest BCUT2D eigenvalue weighted by Crippen LogP contribution is 2.21. The number of benzene rings is 1. The predicted octanol–water partition coefficient (Wildman–Crippen LogP) is 1.36. The molecule has 3 aromatic rings. The summed E-state index contributed by atoms with van der Waals surface area (Å²) in [5.74, 6) is 0.307. The smallest absolute Gasteiger partial charge is 0.291 e. The van der Waals surface area contributed by atoms with Crippen LogP contribution < -0.4 is 10.6 Å². The Hall–Kier alpha value is -2.80. The molecule has 1 aliphatic heterocycles. The summed E-state index contributed by atoms with van der Waals surface area (Å²) in [6, 6.07) is 10.3. The summed E-state index contributed by atoms with van der Waals surface area (Å²) in [7, 11) is 0. The maximum Gasteiger partial charge on any atom is 0.291 e. The van der Waals surface area contributed by atoms with E-state index in [2.05, 4.69) is 43.9 Å². The van der Waals surface area contributed by atoms with Crippen LogP contribution >= 0.6 is 0 Å². The number of nitrogens with zero attached hydrogens (tertiary/aromatic N) is 4. The van der Waals surface area contributed by atoms with Crippen molar-refractivity contribution in [1.82, 2.24) is 30.2 Å². The van der Waals surface area contributed by atoms with Crippen molar-refractivity contribution >= 4 is 11.7 Å². The number of hydrogen-bond donors (Lipinski definition) is 2. The van der Waals surface area contributed by atoms with Crippen LogP contribution in [0.15, 0.2) is 30.3 Å². The number of amides is 1. The lowest BCUT2D eigenvalue weighted by Crippen LogP contribution is -2.39. The lowest BCUT2D eigenvalue weighted by molar-refractivity contribution is 0.0939. The average molecular weight is 336 g/mol. The zero-order valence-corrected chi connectivity index (χ0v) is 14.3. The van der Waals surface area contributed by atoms with Gasteiger partial charge in [0.15, 0.2) is 0 Å². The Kier molecular flexibility index (Phi) is 3.93. The van der Waals surface area contributed by atoms with Crippen LogP contribution in [0.3, 0.4) is 0 Å². The van der Waals surface area contributed by atoms with Crippen molar-refractivity contribution < 1.29 is 4.79 Å². The van der Waals surface area contributed by atoms with Crippen molar-refractivity contribution in [2.75, 3.05) is 13.1 Å². The maximum atomic E-state index is 12.5. The molecule has 0 fully saturated rings. The SMILES string of the molecule is Cc1cc(C)n2nc(C(=O)NCC3NCCc4ccccc43)nc2n1. The average Bonchev–Trinajstić information content (AvgIpc) is 3.04. The van der Waals surface area contributed by atoms with E-state index in [0.29, 0.717) is 12.3 Å². The molecule has 3 heterocycles. The quantitative estimate of drug-likeness (QED) is 0.754. The fourth-order valence-corrected chi connectivity index (χ4v) is 3.31. The molecule has 1 aromatic carbocycles. The molecule has 0 saturated carbocycles. The van der Waals surface area contributed by atoms with Gasteiger partial charge >= 0.3 is 0 Å². The Labute approximate surface area is 145 Å². The van der Waals surface area contributed by atoms with E-state index in [0.717, 1.165) is 24.4 Å². The van der Waals surface area contributed by atoms with Crippen LogP contribution in [0.5, 0.6) is 0 Å². The van der Waals surface area contributed by atoms with E-state index in [-0.39, 0.29) is 17.8 Å². The fourth-order valence-electron chi connectivity index (χ4n) is 3.31. The minimum Gasteiger partial charge on any atom is -0.347 e. The molecule has 128 valence electrons. The number of nitrogens with one attached hydrogen (secondary N) is 2. The third-order valence-corrected chi connectivity index (χ3v) is 4.50. The fraction of sp³-hybridized carbons (Fsp3) is 0.333. The molecule has 0 radical (unpaired) electrons.